The average Bonchev–Trinajstić information content (AvgIpc) is 2.94. The molecule has 1 aliphatic rings. The maximum absolute atomic E-state index is 13.0. The Labute approximate surface area is 233 Å². The topological polar surface area (TPSA) is 126 Å². The Morgan fingerprint density at radius 3 is 2.29 bits per heavy atom. The van der Waals surface area contributed by atoms with E-state index in [0.717, 1.165) is 0 Å². The van der Waals surface area contributed by atoms with Crippen LogP contribution >= 0.6 is 27.5 Å². The highest BCUT2D eigenvalue weighted by Gasteiger charge is 2.32. The van der Waals surface area contributed by atoms with Crippen LogP contribution in [-0.4, -0.2) is 61.4 Å². The summed E-state index contributed by atoms with van der Waals surface area (Å²) >= 11 is 10.1. The third-order valence-electron chi connectivity index (χ3n) is 5.71. The van der Waals surface area contributed by atoms with Gasteiger partial charge in [0.2, 0.25) is 0 Å². The van der Waals surface area contributed by atoms with E-state index in [1.165, 1.54) is 18.7 Å². The van der Waals surface area contributed by atoms with Gasteiger partial charge in [-0.15, -0.1) is 0 Å². The first-order chi connectivity index (χ1) is 17.8. The van der Waals surface area contributed by atoms with Gasteiger partial charge in [0.05, 0.1) is 21.6 Å². The van der Waals surface area contributed by atoms with Gasteiger partial charge in [0.1, 0.15) is 24.8 Å². The van der Waals surface area contributed by atoms with Gasteiger partial charge in [-0.3, -0.25) is 19.4 Å². The van der Waals surface area contributed by atoms with Crippen LogP contribution in [0.4, 0.5) is 16.2 Å². The van der Waals surface area contributed by atoms with Gasteiger partial charge in [0.15, 0.2) is 0 Å². The summed E-state index contributed by atoms with van der Waals surface area (Å²) < 4.78 is 10.6. The van der Waals surface area contributed by atoms with Crippen LogP contribution in [0.5, 0.6) is 0 Å². The van der Waals surface area contributed by atoms with E-state index in [-0.39, 0.29) is 19.1 Å². The van der Waals surface area contributed by atoms with E-state index < -0.39 is 29.6 Å². The second-order valence-electron chi connectivity index (χ2n) is 9.05. The predicted octanol–water partition coefficient (Wildman–Crippen LogP) is 4.31. The normalized spacial score (nSPS) is 15.1. The molecule has 3 rings (SSSR count). The Morgan fingerprint density at radius 2 is 1.71 bits per heavy atom. The highest BCUT2D eigenvalue weighted by atomic mass is 79.9. The zero-order valence-electron chi connectivity index (χ0n) is 21.6. The number of carbonyl (C=O) groups is 4. The number of carbonyl (C=O) groups excluding carboxylic acids is 4. The molecule has 0 spiro atoms. The molecule has 10 nitrogen and oxygen atoms in total. The van der Waals surface area contributed by atoms with Crippen LogP contribution < -0.4 is 15.5 Å². The molecule has 0 saturated carbocycles. The molecule has 0 fully saturated rings. The Bertz CT molecular complexity index is 1300. The third-order valence-corrected chi connectivity index (χ3v) is 6.86. The van der Waals surface area contributed by atoms with Gasteiger partial charge in [-0.1, -0.05) is 29.8 Å². The van der Waals surface area contributed by atoms with Crippen LogP contribution in [0.25, 0.3) is 0 Å². The molecule has 0 radical (unpaired) electrons. The molecular formula is C26H28BrClN4O6. The first-order valence-corrected chi connectivity index (χ1v) is 12.8. The number of fused-ring (bicyclic) bond motifs is 1. The number of halogens is 2. The largest absolute Gasteiger partial charge is 0.463 e. The first-order valence-electron chi connectivity index (χ1n) is 11.6. The van der Waals surface area contributed by atoms with Crippen molar-refractivity contribution >= 4 is 68.5 Å². The van der Waals surface area contributed by atoms with E-state index in [2.05, 4.69) is 31.6 Å². The lowest BCUT2D eigenvalue weighted by Crippen LogP contribution is -2.54. The van der Waals surface area contributed by atoms with Crippen molar-refractivity contribution in [3.8, 4) is 0 Å². The molecule has 0 aliphatic carbocycles. The van der Waals surface area contributed by atoms with Crippen LogP contribution in [0.15, 0.2) is 45.9 Å². The fourth-order valence-electron chi connectivity index (χ4n) is 3.80. The number of benzodiazepines with no additional fused rings is 1. The predicted molar refractivity (Wildman–Crippen MR) is 148 cm³/mol. The zero-order valence-corrected chi connectivity index (χ0v) is 23.9. The number of hydrogen-bond donors (Lipinski definition) is 2. The number of nitrogens with one attached hydrogen (secondary N) is 2. The number of rotatable bonds is 7. The molecule has 1 aliphatic heterocycles. The number of benzene rings is 2. The molecule has 12 heteroatoms. The Kier molecular flexibility index (Phi) is 9.16. The van der Waals surface area contributed by atoms with Crippen LogP contribution in [-0.2, 0) is 23.9 Å². The van der Waals surface area contributed by atoms with E-state index in [1.54, 1.807) is 45.2 Å². The van der Waals surface area contributed by atoms with Crippen molar-refractivity contribution in [2.45, 2.75) is 39.3 Å². The molecule has 2 N–H and O–H groups in total. The van der Waals surface area contributed by atoms with Gasteiger partial charge in [0, 0.05) is 37.0 Å². The Morgan fingerprint density at radius 1 is 1.11 bits per heavy atom. The first kappa shape index (κ1) is 29.1. The molecule has 1 unspecified atom stereocenters. The molecule has 1 atom stereocenters. The fraction of sp³-hybridized carbons (Fsp3) is 0.346. The molecule has 0 saturated heterocycles. The van der Waals surface area contributed by atoms with Crippen LogP contribution in [0, 0.1) is 0 Å². The Balaban J connectivity index is 2.00. The van der Waals surface area contributed by atoms with Gasteiger partial charge in [-0.25, -0.2) is 4.79 Å². The molecule has 2 aromatic carbocycles. The summed E-state index contributed by atoms with van der Waals surface area (Å²) in [4.78, 5) is 54.9. The number of anilines is 2. The maximum Gasteiger partial charge on any atom is 0.319 e. The molecule has 1 heterocycles. The molecular weight excluding hydrogens is 580 g/mol. The van der Waals surface area contributed by atoms with E-state index in [4.69, 9.17) is 21.1 Å². The summed E-state index contributed by atoms with van der Waals surface area (Å²) in [6, 6.07) is 9.19. The van der Waals surface area contributed by atoms with Gasteiger partial charge >= 0.3 is 18.0 Å². The molecule has 38 heavy (non-hydrogen) atoms. The summed E-state index contributed by atoms with van der Waals surface area (Å²) in [7, 11) is 1.66. The number of ether oxygens (including phenoxy) is 2. The minimum atomic E-state index is -1.20. The fourth-order valence-corrected chi connectivity index (χ4v) is 4.65. The minimum Gasteiger partial charge on any atom is -0.463 e. The molecule has 0 aromatic heterocycles. The van der Waals surface area contributed by atoms with Crippen molar-refractivity contribution in [3.05, 3.63) is 57.0 Å². The lowest BCUT2D eigenvalue weighted by molar-refractivity contribution is -0.147. The second kappa shape index (κ2) is 12.0. The summed E-state index contributed by atoms with van der Waals surface area (Å²) in [5.74, 6) is -1.30. The smallest absolute Gasteiger partial charge is 0.319 e. The lowest BCUT2D eigenvalue weighted by atomic mass is 9.99. The van der Waals surface area contributed by atoms with Crippen molar-refractivity contribution in [2.75, 3.05) is 30.5 Å². The summed E-state index contributed by atoms with van der Waals surface area (Å²) in [5.41, 5.74) is 1.43. The minimum absolute atomic E-state index is 0.203. The van der Waals surface area contributed by atoms with E-state index in [0.29, 0.717) is 37.7 Å². The SMILES string of the molecule is CC(=O)OCC(C)(COC(C)=O)NC(=O)Nc1ccc2c(c1Br)C(c1ccccc1Cl)=NC(C)C(=O)N2C. The van der Waals surface area contributed by atoms with E-state index in [1.807, 2.05) is 12.1 Å². The highest BCUT2D eigenvalue weighted by molar-refractivity contribution is 9.10. The van der Waals surface area contributed by atoms with Gasteiger partial charge in [-0.2, -0.15) is 0 Å². The number of amides is 3. The standard InChI is InChI=1S/C26H28BrClN4O6/c1-14-24(35)32(5)20-11-10-19(22(27)21(20)23(29-14)17-8-6-7-9-18(17)28)30-25(36)31-26(4,12-37-15(2)33)13-38-16(3)34/h6-11,14H,12-13H2,1-5H3,(H2,30,31,36). The number of urea groups is 1. The molecule has 2 aromatic rings. The molecule has 3 amide bonds. The van der Waals surface area contributed by atoms with Gasteiger partial charge in [0.25, 0.3) is 5.91 Å². The summed E-state index contributed by atoms with van der Waals surface area (Å²) in [6.07, 6.45) is 0. The Hall–Kier alpha value is -3.44. The summed E-state index contributed by atoms with van der Waals surface area (Å²) in [5, 5.41) is 5.93. The van der Waals surface area contributed by atoms with Crippen LogP contribution in [0.1, 0.15) is 38.8 Å². The number of hydrogen-bond acceptors (Lipinski definition) is 7. The molecule has 0 bridgehead atoms. The number of nitrogens with zero attached hydrogens (tertiary/aromatic N) is 2. The highest BCUT2D eigenvalue weighted by Crippen LogP contribution is 2.39. The van der Waals surface area contributed by atoms with Crippen LogP contribution in [0.3, 0.4) is 0 Å². The quantitative estimate of drug-likeness (QED) is 0.452. The lowest BCUT2D eigenvalue weighted by Gasteiger charge is -2.29. The second-order valence-corrected chi connectivity index (χ2v) is 10.3. The van der Waals surface area contributed by atoms with Gasteiger partial charge in [-0.05, 0) is 48.0 Å². The number of aliphatic imine (C=N–C) groups is 1. The van der Waals surface area contributed by atoms with Crippen molar-refractivity contribution in [2.24, 2.45) is 4.99 Å². The van der Waals surface area contributed by atoms with Gasteiger partial charge < -0.3 is 25.0 Å². The van der Waals surface area contributed by atoms with Crippen molar-refractivity contribution in [3.63, 3.8) is 0 Å². The monoisotopic (exact) mass is 606 g/mol. The number of likely N-dealkylation sites (N-methyl/N-ethyl adjacent to an activating group) is 1. The third kappa shape index (κ3) is 6.70. The average molecular weight is 608 g/mol. The number of esters is 2. The van der Waals surface area contributed by atoms with E-state index in [9.17, 15) is 19.2 Å². The summed E-state index contributed by atoms with van der Waals surface area (Å²) in [6.45, 7) is 5.31. The van der Waals surface area contributed by atoms with Crippen LogP contribution in [0.2, 0.25) is 5.02 Å². The maximum atomic E-state index is 13.0. The zero-order chi connectivity index (χ0) is 28.2. The van der Waals surface area contributed by atoms with Crippen molar-refractivity contribution in [1.29, 1.82) is 0 Å². The molecule has 202 valence electrons. The van der Waals surface area contributed by atoms with E-state index >= 15 is 0 Å². The van der Waals surface area contributed by atoms with Crippen molar-refractivity contribution < 1.29 is 28.7 Å². The van der Waals surface area contributed by atoms with Crippen molar-refractivity contribution in [1.82, 2.24) is 5.32 Å².